The summed E-state index contributed by atoms with van der Waals surface area (Å²) in [6.07, 6.45) is 0.785. The maximum absolute atomic E-state index is 8.99. The molecule has 0 amide bonds. The van der Waals surface area contributed by atoms with Gasteiger partial charge in [0.25, 0.3) is 0 Å². The molecule has 0 fully saturated rings. The molecule has 1 radical (unpaired) electrons. The highest BCUT2D eigenvalue weighted by atomic mass is 16.3. The minimum atomic E-state index is 0.0204. The van der Waals surface area contributed by atoms with Crippen LogP contribution in [0, 0.1) is 19.9 Å². The second kappa shape index (κ2) is 4.14. The predicted octanol–water partition coefficient (Wildman–Crippen LogP) is 2.76. The van der Waals surface area contributed by atoms with Crippen LogP contribution in [0.4, 0.5) is 0 Å². The van der Waals surface area contributed by atoms with Crippen molar-refractivity contribution in [3.05, 3.63) is 34.9 Å². The summed E-state index contributed by atoms with van der Waals surface area (Å²) in [5, 5.41) is 8.99. The van der Waals surface area contributed by atoms with Gasteiger partial charge in [0, 0.05) is 6.61 Å². The second-order valence-electron chi connectivity index (χ2n) is 4.59. The van der Waals surface area contributed by atoms with Gasteiger partial charge in [-0.3, -0.25) is 0 Å². The molecule has 1 rings (SSSR count). The Labute approximate surface area is 86.8 Å². The summed E-state index contributed by atoms with van der Waals surface area (Å²) >= 11 is 0. The molecule has 1 heteroatoms. The number of aliphatic hydroxyl groups excluding tert-OH is 1. The van der Waals surface area contributed by atoms with Gasteiger partial charge >= 0.3 is 0 Å². The van der Waals surface area contributed by atoms with Crippen molar-refractivity contribution in [1.82, 2.24) is 0 Å². The zero-order valence-corrected chi connectivity index (χ0v) is 9.52. The second-order valence-corrected chi connectivity index (χ2v) is 4.59. The van der Waals surface area contributed by atoms with Gasteiger partial charge in [-0.25, -0.2) is 0 Å². The molecule has 77 valence electrons. The summed E-state index contributed by atoms with van der Waals surface area (Å²) in [6.45, 7) is 8.72. The van der Waals surface area contributed by atoms with Crippen LogP contribution in [0.3, 0.4) is 0 Å². The van der Waals surface area contributed by atoms with Crippen LogP contribution >= 0.6 is 0 Å². The minimum Gasteiger partial charge on any atom is -0.396 e. The molecular formula is C13H19O. The maximum Gasteiger partial charge on any atom is 0.0439 e. The third kappa shape index (κ3) is 2.36. The minimum absolute atomic E-state index is 0.0204. The fourth-order valence-electron chi connectivity index (χ4n) is 1.89. The molecule has 0 aliphatic heterocycles. The molecule has 0 aliphatic carbocycles. The molecule has 1 N–H and O–H groups in total. The molecule has 0 saturated heterocycles. The van der Waals surface area contributed by atoms with Crippen LogP contribution < -0.4 is 0 Å². The largest absolute Gasteiger partial charge is 0.396 e. The normalized spacial score (nSPS) is 11.8. The van der Waals surface area contributed by atoms with E-state index in [0.717, 1.165) is 6.42 Å². The van der Waals surface area contributed by atoms with E-state index >= 15 is 0 Å². The van der Waals surface area contributed by atoms with Crippen LogP contribution in [-0.4, -0.2) is 11.7 Å². The molecule has 0 heterocycles. The average molecular weight is 191 g/mol. The molecule has 0 bridgehead atoms. The zero-order chi connectivity index (χ0) is 10.8. The first kappa shape index (κ1) is 11.3. The fourth-order valence-corrected chi connectivity index (χ4v) is 1.89. The summed E-state index contributed by atoms with van der Waals surface area (Å²) in [4.78, 5) is 0. The van der Waals surface area contributed by atoms with E-state index in [4.69, 9.17) is 5.11 Å². The molecule has 0 unspecified atom stereocenters. The highest BCUT2D eigenvalue weighted by molar-refractivity contribution is 5.34. The first-order valence-corrected chi connectivity index (χ1v) is 5.07. The van der Waals surface area contributed by atoms with Gasteiger partial charge in [-0.05, 0) is 42.9 Å². The van der Waals surface area contributed by atoms with E-state index in [0.29, 0.717) is 0 Å². The van der Waals surface area contributed by atoms with Crippen molar-refractivity contribution in [1.29, 1.82) is 0 Å². The lowest BCUT2D eigenvalue weighted by atomic mass is 9.79. The Hall–Kier alpha value is -0.820. The van der Waals surface area contributed by atoms with Gasteiger partial charge in [0.05, 0.1) is 0 Å². The van der Waals surface area contributed by atoms with Crippen molar-refractivity contribution in [2.45, 2.75) is 39.5 Å². The zero-order valence-electron chi connectivity index (χ0n) is 9.52. The van der Waals surface area contributed by atoms with Gasteiger partial charge in [-0.15, -0.1) is 0 Å². The van der Waals surface area contributed by atoms with Crippen LogP contribution in [0.2, 0.25) is 0 Å². The predicted molar refractivity (Wildman–Crippen MR) is 59.5 cm³/mol. The van der Waals surface area contributed by atoms with Crippen molar-refractivity contribution < 1.29 is 5.11 Å². The van der Waals surface area contributed by atoms with Crippen LogP contribution in [0.5, 0.6) is 0 Å². The number of rotatable bonds is 3. The lowest BCUT2D eigenvalue weighted by Crippen LogP contribution is -2.20. The van der Waals surface area contributed by atoms with Crippen molar-refractivity contribution in [2.75, 3.05) is 6.61 Å². The summed E-state index contributed by atoms with van der Waals surface area (Å²) in [5.41, 5.74) is 3.75. The van der Waals surface area contributed by atoms with E-state index in [1.54, 1.807) is 0 Å². The molecule has 1 nitrogen and oxygen atoms in total. The molecule has 1 aromatic rings. The highest BCUT2D eigenvalue weighted by Crippen LogP contribution is 2.29. The van der Waals surface area contributed by atoms with E-state index in [-0.39, 0.29) is 12.0 Å². The molecule has 0 spiro atoms. The smallest absolute Gasteiger partial charge is 0.0439 e. The average Bonchev–Trinajstić information content (AvgIpc) is 2.02. The van der Waals surface area contributed by atoms with Crippen LogP contribution in [-0.2, 0) is 5.41 Å². The lowest BCUT2D eigenvalue weighted by molar-refractivity contribution is 0.252. The summed E-state index contributed by atoms with van der Waals surface area (Å²) in [5.74, 6) is 0. The molecule has 14 heavy (non-hydrogen) atoms. The number of aliphatic hydroxyl groups is 1. The summed E-state index contributed by atoms with van der Waals surface area (Å²) < 4.78 is 0. The molecule has 0 aromatic heterocycles. The molecule has 0 saturated carbocycles. The van der Waals surface area contributed by atoms with Gasteiger partial charge < -0.3 is 5.11 Å². The Bertz CT molecular complexity index is 313. The molecule has 0 aliphatic rings. The monoisotopic (exact) mass is 191 g/mol. The Kier molecular flexibility index (Phi) is 3.33. The number of benzene rings is 1. The molecule has 1 aromatic carbocycles. The van der Waals surface area contributed by atoms with Crippen LogP contribution in [0.25, 0.3) is 0 Å². The van der Waals surface area contributed by atoms with E-state index in [9.17, 15) is 0 Å². The number of hydrogen-bond acceptors (Lipinski definition) is 1. The Balaban J connectivity index is 3.06. The fraction of sp³-hybridized carbons (Fsp3) is 0.538. The summed E-state index contributed by atoms with van der Waals surface area (Å²) in [6, 6.07) is 7.51. The Morgan fingerprint density at radius 2 is 2.00 bits per heavy atom. The SMILES string of the molecule is Cc1c[c]c(C(C)(C)CCO)c(C)c1. The van der Waals surface area contributed by atoms with Gasteiger partial charge in [0.15, 0.2) is 0 Å². The van der Waals surface area contributed by atoms with Gasteiger partial charge in [0.1, 0.15) is 0 Å². The van der Waals surface area contributed by atoms with Gasteiger partial charge in [0.2, 0.25) is 0 Å². The third-order valence-corrected chi connectivity index (χ3v) is 2.70. The molecular weight excluding hydrogens is 172 g/mol. The third-order valence-electron chi connectivity index (χ3n) is 2.70. The first-order chi connectivity index (χ1) is 6.47. The van der Waals surface area contributed by atoms with E-state index in [1.807, 2.05) is 6.07 Å². The lowest BCUT2D eigenvalue weighted by Gasteiger charge is -2.26. The quantitative estimate of drug-likeness (QED) is 0.779. The van der Waals surface area contributed by atoms with Crippen molar-refractivity contribution in [3.8, 4) is 0 Å². The molecule has 0 atom stereocenters. The maximum atomic E-state index is 8.99. The van der Waals surface area contributed by atoms with Gasteiger partial charge in [-0.1, -0.05) is 31.5 Å². The van der Waals surface area contributed by atoms with Gasteiger partial charge in [-0.2, -0.15) is 0 Å². The number of hydrogen-bond donors (Lipinski definition) is 1. The highest BCUT2D eigenvalue weighted by Gasteiger charge is 2.21. The van der Waals surface area contributed by atoms with Crippen molar-refractivity contribution in [2.24, 2.45) is 0 Å². The first-order valence-electron chi connectivity index (χ1n) is 5.07. The van der Waals surface area contributed by atoms with Crippen molar-refractivity contribution in [3.63, 3.8) is 0 Å². The van der Waals surface area contributed by atoms with E-state index in [2.05, 4.69) is 39.8 Å². The standard InChI is InChI=1S/C13H19O/c1-10-5-6-12(11(2)9-10)13(3,4)7-8-14/h5,9,14H,7-8H2,1-4H3. The Morgan fingerprint density at radius 3 is 2.50 bits per heavy atom. The number of aryl methyl sites for hydroxylation is 2. The summed E-state index contributed by atoms with van der Waals surface area (Å²) in [7, 11) is 0. The van der Waals surface area contributed by atoms with E-state index in [1.165, 1.54) is 16.7 Å². The van der Waals surface area contributed by atoms with Crippen LogP contribution in [0.1, 0.15) is 37.0 Å². The topological polar surface area (TPSA) is 20.2 Å². The Morgan fingerprint density at radius 1 is 1.36 bits per heavy atom. The van der Waals surface area contributed by atoms with Crippen LogP contribution in [0.15, 0.2) is 12.1 Å². The van der Waals surface area contributed by atoms with E-state index < -0.39 is 0 Å². The van der Waals surface area contributed by atoms with Crippen molar-refractivity contribution >= 4 is 0 Å².